The van der Waals surface area contributed by atoms with Gasteiger partial charge < -0.3 is 10.2 Å². The number of carbonyl (C=O) groups excluding carboxylic acids is 1. The second-order valence-electron chi connectivity index (χ2n) is 6.42. The molecular formula is C18H21FN4O3S. The molecule has 3 rings (SSSR count). The molecule has 0 spiro atoms. The van der Waals surface area contributed by atoms with E-state index in [1.54, 1.807) is 12.1 Å². The molecule has 1 N–H and O–H groups in total. The van der Waals surface area contributed by atoms with Gasteiger partial charge in [-0.3, -0.25) is 4.79 Å². The Hall–Kier alpha value is -2.55. The molecule has 0 radical (unpaired) electrons. The lowest BCUT2D eigenvalue weighted by Gasteiger charge is -2.26. The molecule has 1 fully saturated rings. The highest BCUT2D eigenvalue weighted by molar-refractivity contribution is 7.91. The summed E-state index contributed by atoms with van der Waals surface area (Å²) in [5.41, 5.74) is 1.08. The summed E-state index contributed by atoms with van der Waals surface area (Å²) in [6.45, 7) is 2.76. The standard InChI is InChI=1S/C18H21FN4O3S/c1-2-23(16-7-8-27(25,26)12-16)18-21-10-14(11-22-18)17(24)20-9-13-3-5-15(19)6-4-13/h3-6,10-11,16H,2,7-9,12H2,1H3,(H,20,24). The van der Waals surface area contributed by atoms with Crippen molar-refractivity contribution in [3.05, 3.63) is 53.6 Å². The summed E-state index contributed by atoms with van der Waals surface area (Å²) in [5, 5.41) is 2.73. The summed E-state index contributed by atoms with van der Waals surface area (Å²) >= 11 is 0. The van der Waals surface area contributed by atoms with Crippen LogP contribution in [0.15, 0.2) is 36.7 Å². The summed E-state index contributed by atoms with van der Waals surface area (Å²) in [5.74, 6) is 0.0268. The van der Waals surface area contributed by atoms with E-state index in [1.165, 1.54) is 24.5 Å². The number of nitrogens with zero attached hydrogens (tertiary/aromatic N) is 3. The Labute approximate surface area is 157 Å². The molecule has 1 aliphatic rings. The first-order chi connectivity index (χ1) is 12.9. The minimum absolute atomic E-state index is 0.101. The second kappa shape index (κ2) is 7.99. The molecule has 144 valence electrons. The van der Waals surface area contributed by atoms with Crippen molar-refractivity contribution in [2.24, 2.45) is 0 Å². The summed E-state index contributed by atoms with van der Waals surface area (Å²) in [7, 11) is -3.00. The van der Waals surface area contributed by atoms with Crippen LogP contribution in [0.25, 0.3) is 0 Å². The van der Waals surface area contributed by atoms with Gasteiger partial charge in [-0.15, -0.1) is 0 Å². The molecule has 2 aromatic rings. The molecule has 1 aliphatic heterocycles. The maximum Gasteiger partial charge on any atom is 0.254 e. The zero-order valence-corrected chi connectivity index (χ0v) is 15.7. The second-order valence-corrected chi connectivity index (χ2v) is 8.65. The van der Waals surface area contributed by atoms with Crippen molar-refractivity contribution in [1.29, 1.82) is 0 Å². The lowest BCUT2D eigenvalue weighted by atomic mass is 10.2. The van der Waals surface area contributed by atoms with E-state index >= 15 is 0 Å². The van der Waals surface area contributed by atoms with Gasteiger partial charge in [-0.25, -0.2) is 22.8 Å². The van der Waals surface area contributed by atoms with Crippen molar-refractivity contribution in [3.63, 3.8) is 0 Å². The number of amides is 1. The van der Waals surface area contributed by atoms with E-state index in [2.05, 4.69) is 15.3 Å². The normalized spacial score (nSPS) is 18.2. The van der Waals surface area contributed by atoms with Gasteiger partial charge in [0.05, 0.1) is 17.1 Å². The van der Waals surface area contributed by atoms with Gasteiger partial charge in [0, 0.05) is 31.5 Å². The quantitative estimate of drug-likeness (QED) is 0.802. The number of hydrogen-bond acceptors (Lipinski definition) is 6. The minimum atomic E-state index is -3.00. The Morgan fingerprint density at radius 1 is 1.26 bits per heavy atom. The molecule has 9 heteroatoms. The van der Waals surface area contributed by atoms with Crippen molar-refractivity contribution < 1.29 is 17.6 Å². The highest BCUT2D eigenvalue weighted by Gasteiger charge is 2.32. The zero-order valence-electron chi connectivity index (χ0n) is 14.9. The maximum absolute atomic E-state index is 12.9. The fraction of sp³-hybridized carbons (Fsp3) is 0.389. The molecule has 0 saturated carbocycles. The van der Waals surface area contributed by atoms with Crippen molar-refractivity contribution in [2.75, 3.05) is 23.0 Å². The minimum Gasteiger partial charge on any atom is -0.348 e. The molecule has 1 atom stereocenters. The average molecular weight is 392 g/mol. The zero-order chi connectivity index (χ0) is 19.4. The molecule has 1 saturated heterocycles. The Morgan fingerprint density at radius 3 is 2.48 bits per heavy atom. The fourth-order valence-electron chi connectivity index (χ4n) is 3.06. The third-order valence-corrected chi connectivity index (χ3v) is 6.26. The molecule has 1 aromatic heterocycles. The number of halogens is 1. The van der Waals surface area contributed by atoms with Crippen molar-refractivity contribution in [1.82, 2.24) is 15.3 Å². The highest BCUT2D eigenvalue weighted by Crippen LogP contribution is 2.21. The van der Waals surface area contributed by atoms with Crippen LogP contribution >= 0.6 is 0 Å². The lowest BCUT2D eigenvalue weighted by Crippen LogP contribution is -2.37. The predicted molar refractivity (Wildman–Crippen MR) is 99.7 cm³/mol. The van der Waals surface area contributed by atoms with E-state index in [4.69, 9.17) is 0 Å². The van der Waals surface area contributed by atoms with E-state index in [1.807, 2.05) is 11.8 Å². The first kappa shape index (κ1) is 19.2. The summed E-state index contributed by atoms with van der Waals surface area (Å²) < 4.78 is 36.3. The number of rotatable bonds is 6. The largest absolute Gasteiger partial charge is 0.348 e. The SMILES string of the molecule is CCN(c1ncc(C(=O)NCc2ccc(F)cc2)cn1)C1CCS(=O)(=O)C1. The van der Waals surface area contributed by atoms with E-state index in [-0.39, 0.29) is 35.8 Å². The number of nitrogens with one attached hydrogen (secondary N) is 1. The molecule has 2 heterocycles. The first-order valence-electron chi connectivity index (χ1n) is 8.69. The number of anilines is 1. The maximum atomic E-state index is 12.9. The first-order valence-corrected chi connectivity index (χ1v) is 10.5. The highest BCUT2D eigenvalue weighted by atomic mass is 32.2. The van der Waals surface area contributed by atoms with Crippen LogP contribution in [-0.4, -0.2) is 48.4 Å². The Balaban J connectivity index is 1.63. The molecule has 1 unspecified atom stereocenters. The van der Waals surface area contributed by atoms with Crippen LogP contribution in [0, 0.1) is 5.82 Å². The van der Waals surface area contributed by atoms with Gasteiger partial charge in [-0.1, -0.05) is 12.1 Å². The lowest BCUT2D eigenvalue weighted by molar-refractivity contribution is 0.0950. The average Bonchev–Trinajstić information content (AvgIpc) is 3.02. The molecule has 0 aliphatic carbocycles. The van der Waals surface area contributed by atoms with Crippen molar-refractivity contribution >= 4 is 21.7 Å². The van der Waals surface area contributed by atoms with Gasteiger partial charge in [-0.05, 0) is 31.0 Å². The summed E-state index contributed by atoms with van der Waals surface area (Å²) in [6.07, 6.45) is 3.41. The smallest absolute Gasteiger partial charge is 0.254 e. The van der Waals surface area contributed by atoms with Crippen LogP contribution in [0.3, 0.4) is 0 Å². The third-order valence-electron chi connectivity index (χ3n) is 4.51. The molecular weight excluding hydrogens is 371 g/mol. The number of aromatic nitrogens is 2. The van der Waals surface area contributed by atoms with Crippen LogP contribution in [0.4, 0.5) is 10.3 Å². The molecule has 1 amide bonds. The topological polar surface area (TPSA) is 92.3 Å². The predicted octanol–water partition coefficient (Wildman–Crippen LogP) is 1.56. The fourth-order valence-corrected chi connectivity index (χ4v) is 4.79. The van der Waals surface area contributed by atoms with Crippen molar-refractivity contribution in [3.8, 4) is 0 Å². The number of hydrogen-bond donors (Lipinski definition) is 1. The van der Waals surface area contributed by atoms with Gasteiger partial charge in [0.25, 0.3) is 5.91 Å². The Morgan fingerprint density at radius 2 is 1.93 bits per heavy atom. The van der Waals surface area contributed by atoms with Gasteiger partial charge in [-0.2, -0.15) is 0 Å². The number of benzene rings is 1. The molecule has 1 aromatic carbocycles. The Bertz CT molecular complexity index is 901. The van der Waals surface area contributed by atoms with Crippen LogP contribution < -0.4 is 10.2 Å². The molecule has 27 heavy (non-hydrogen) atoms. The third kappa shape index (κ3) is 4.79. The van der Waals surface area contributed by atoms with Crippen molar-refractivity contribution in [2.45, 2.75) is 25.9 Å². The van der Waals surface area contributed by atoms with Crippen LogP contribution in [0.1, 0.15) is 29.3 Å². The van der Waals surface area contributed by atoms with E-state index in [0.717, 1.165) is 5.56 Å². The molecule has 7 nitrogen and oxygen atoms in total. The van der Waals surface area contributed by atoms with Crippen LogP contribution in [-0.2, 0) is 16.4 Å². The van der Waals surface area contributed by atoms with E-state index in [0.29, 0.717) is 24.5 Å². The van der Waals surface area contributed by atoms with Gasteiger partial charge in [0.2, 0.25) is 5.95 Å². The van der Waals surface area contributed by atoms with Crippen LogP contribution in [0.2, 0.25) is 0 Å². The molecule has 0 bridgehead atoms. The number of carbonyl (C=O) groups is 1. The van der Waals surface area contributed by atoms with E-state index < -0.39 is 9.84 Å². The van der Waals surface area contributed by atoms with E-state index in [9.17, 15) is 17.6 Å². The number of sulfone groups is 1. The van der Waals surface area contributed by atoms with Gasteiger partial charge in [0.15, 0.2) is 9.84 Å². The van der Waals surface area contributed by atoms with Gasteiger partial charge in [0.1, 0.15) is 5.82 Å². The summed E-state index contributed by atoms with van der Waals surface area (Å²) in [4.78, 5) is 22.5. The summed E-state index contributed by atoms with van der Waals surface area (Å²) in [6, 6.07) is 5.73. The van der Waals surface area contributed by atoms with Gasteiger partial charge >= 0.3 is 0 Å². The van der Waals surface area contributed by atoms with Crippen LogP contribution in [0.5, 0.6) is 0 Å². The Kier molecular flexibility index (Phi) is 5.69. The monoisotopic (exact) mass is 392 g/mol.